The number of ether oxygens (including phenoxy) is 1. The van der Waals surface area contributed by atoms with Crippen LogP contribution in [0.15, 0.2) is 53.6 Å². The zero-order chi connectivity index (χ0) is 19.9. The summed E-state index contributed by atoms with van der Waals surface area (Å²) >= 11 is 7.28. The van der Waals surface area contributed by atoms with Crippen molar-refractivity contribution in [1.82, 2.24) is 10.4 Å². The standard InChI is InChI=1S/C20H19ClN4O2S/c1-2-17-18(28-20(22)24-17)19(26)25-23-11-13-7-9-15(10-8-13)27-12-14-5-3-4-6-16(14)21/h3-11H,2,12H2,1H3,(H2,22,24)(H,25,26)/b23-11+. The maximum atomic E-state index is 12.2. The van der Waals surface area contributed by atoms with E-state index in [1.54, 1.807) is 6.21 Å². The first kappa shape index (κ1) is 19.9. The molecule has 1 amide bonds. The highest BCUT2D eigenvalue weighted by atomic mass is 35.5. The number of halogens is 1. The molecule has 0 aliphatic carbocycles. The largest absolute Gasteiger partial charge is 0.489 e. The van der Waals surface area contributed by atoms with E-state index in [-0.39, 0.29) is 5.91 Å². The molecule has 0 unspecified atom stereocenters. The normalized spacial score (nSPS) is 10.9. The summed E-state index contributed by atoms with van der Waals surface area (Å²) in [7, 11) is 0. The zero-order valence-electron chi connectivity index (χ0n) is 15.2. The van der Waals surface area contributed by atoms with Crippen LogP contribution in [0.5, 0.6) is 5.75 Å². The minimum atomic E-state index is -0.318. The topological polar surface area (TPSA) is 89.6 Å². The summed E-state index contributed by atoms with van der Waals surface area (Å²) in [4.78, 5) is 16.8. The molecule has 0 radical (unpaired) electrons. The molecule has 0 spiro atoms. The Kier molecular flexibility index (Phi) is 6.62. The fraction of sp³-hybridized carbons (Fsp3) is 0.150. The van der Waals surface area contributed by atoms with Gasteiger partial charge in [-0.25, -0.2) is 10.4 Å². The molecule has 3 N–H and O–H groups in total. The van der Waals surface area contributed by atoms with Gasteiger partial charge in [-0.05, 0) is 42.3 Å². The van der Waals surface area contributed by atoms with Crippen LogP contribution >= 0.6 is 22.9 Å². The lowest BCUT2D eigenvalue weighted by atomic mass is 10.2. The molecule has 1 aromatic heterocycles. The number of nitrogen functional groups attached to an aromatic ring is 1. The fourth-order valence-corrected chi connectivity index (χ4v) is 3.43. The van der Waals surface area contributed by atoms with Gasteiger partial charge in [0, 0.05) is 10.6 Å². The second-order valence-electron chi connectivity index (χ2n) is 5.83. The minimum Gasteiger partial charge on any atom is -0.489 e. The minimum absolute atomic E-state index is 0.318. The number of aryl methyl sites for hydroxylation is 1. The average molecular weight is 415 g/mol. The van der Waals surface area contributed by atoms with Gasteiger partial charge in [0.05, 0.1) is 11.9 Å². The quantitative estimate of drug-likeness (QED) is 0.446. The molecule has 2 aromatic carbocycles. The smallest absolute Gasteiger partial charge is 0.283 e. The fourth-order valence-electron chi connectivity index (χ4n) is 2.43. The van der Waals surface area contributed by atoms with Crippen molar-refractivity contribution in [2.45, 2.75) is 20.0 Å². The summed E-state index contributed by atoms with van der Waals surface area (Å²) in [5.41, 5.74) is 10.6. The molecule has 144 valence electrons. The van der Waals surface area contributed by atoms with Gasteiger partial charge in [-0.1, -0.05) is 48.1 Å². The molecule has 0 atom stereocenters. The number of nitrogens with two attached hydrogens (primary N) is 1. The lowest BCUT2D eigenvalue weighted by molar-refractivity contribution is 0.0958. The highest BCUT2D eigenvalue weighted by Crippen LogP contribution is 2.21. The van der Waals surface area contributed by atoms with E-state index >= 15 is 0 Å². The van der Waals surface area contributed by atoms with Crippen molar-refractivity contribution in [3.8, 4) is 5.75 Å². The van der Waals surface area contributed by atoms with Crippen LogP contribution in [-0.2, 0) is 13.0 Å². The molecule has 28 heavy (non-hydrogen) atoms. The molecule has 0 saturated heterocycles. The number of amides is 1. The van der Waals surface area contributed by atoms with Crippen molar-refractivity contribution in [3.05, 3.63) is 75.3 Å². The average Bonchev–Trinajstić information content (AvgIpc) is 3.09. The van der Waals surface area contributed by atoms with Crippen LogP contribution < -0.4 is 15.9 Å². The summed E-state index contributed by atoms with van der Waals surface area (Å²) in [5.74, 6) is 0.399. The van der Waals surface area contributed by atoms with E-state index in [0.717, 1.165) is 22.5 Å². The molecule has 3 aromatic rings. The van der Waals surface area contributed by atoms with Gasteiger partial charge in [-0.2, -0.15) is 5.10 Å². The number of hydrogen-bond donors (Lipinski definition) is 2. The summed E-state index contributed by atoms with van der Waals surface area (Å²) in [6.45, 7) is 2.31. The van der Waals surface area contributed by atoms with E-state index in [0.29, 0.717) is 39.5 Å². The monoisotopic (exact) mass is 414 g/mol. The third-order valence-corrected chi connectivity index (χ3v) is 5.16. The number of anilines is 1. The van der Waals surface area contributed by atoms with Crippen LogP contribution in [0, 0.1) is 0 Å². The molecule has 1 heterocycles. The van der Waals surface area contributed by atoms with Crippen LogP contribution in [-0.4, -0.2) is 17.1 Å². The van der Waals surface area contributed by atoms with Gasteiger partial charge in [0.2, 0.25) is 0 Å². The van der Waals surface area contributed by atoms with Crippen LogP contribution in [0.4, 0.5) is 5.13 Å². The van der Waals surface area contributed by atoms with Gasteiger partial charge >= 0.3 is 0 Å². The van der Waals surface area contributed by atoms with Crippen molar-refractivity contribution in [1.29, 1.82) is 0 Å². The van der Waals surface area contributed by atoms with Gasteiger partial charge in [0.1, 0.15) is 17.2 Å². The Labute approximate surface area is 172 Å². The van der Waals surface area contributed by atoms with E-state index in [4.69, 9.17) is 22.1 Å². The maximum Gasteiger partial charge on any atom is 0.283 e. The number of carbonyl (C=O) groups excluding carboxylic acids is 1. The highest BCUT2D eigenvalue weighted by Gasteiger charge is 2.15. The molecule has 8 heteroatoms. The Hall–Kier alpha value is -2.90. The molecule has 0 fully saturated rings. The number of nitrogens with zero attached hydrogens (tertiary/aromatic N) is 2. The van der Waals surface area contributed by atoms with Crippen LogP contribution in [0.1, 0.15) is 33.4 Å². The number of hydrogen-bond acceptors (Lipinski definition) is 6. The number of hydrazone groups is 1. The summed E-state index contributed by atoms with van der Waals surface area (Å²) in [6, 6.07) is 14.9. The molecular formula is C20H19ClN4O2S. The summed E-state index contributed by atoms with van der Waals surface area (Å²) in [6.07, 6.45) is 2.20. The summed E-state index contributed by atoms with van der Waals surface area (Å²) < 4.78 is 5.74. The van der Waals surface area contributed by atoms with Crippen molar-refractivity contribution >= 4 is 40.2 Å². The Balaban J connectivity index is 1.55. The van der Waals surface area contributed by atoms with Crippen LogP contribution in [0.2, 0.25) is 5.02 Å². The second kappa shape index (κ2) is 9.34. The number of benzene rings is 2. The van der Waals surface area contributed by atoms with E-state index < -0.39 is 0 Å². The maximum absolute atomic E-state index is 12.2. The lowest BCUT2D eigenvalue weighted by Gasteiger charge is -2.07. The van der Waals surface area contributed by atoms with Gasteiger partial charge in [-0.15, -0.1) is 0 Å². The number of nitrogens with one attached hydrogen (secondary N) is 1. The lowest BCUT2D eigenvalue weighted by Crippen LogP contribution is -2.17. The highest BCUT2D eigenvalue weighted by molar-refractivity contribution is 7.17. The van der Waals surface area contributed by atoms with E-state index in [1.165, 1.54) is 0 Å². The number of aromatic nitrogens is 1. The Morgan fingerprint density at radius 1 is 1.29 bits per heavy atom. The molecular weight excluding hydrogens is 396 g/mol. The SMILES string of the molecule is CCc1nc(N)sc1C(=O)N/N=C/c1ccc(OCc2ccccc2Cl)cc1. The molecule has 0 aliphatic heterocycles. The van der Waals surface area contributed by atoms with Crippen molar-refractivity contribution in [3.63, 3.8) is 0 Å². The van der Waals surface area contributed by atoms with Crippen molar-refractivity contribution in [2.75, 3.05) is 5.73 Å². The number of rotatable bonds is 7. The van der Waals surface area contributed by atoms with Gasteiger partial charge in [0.15, 0.2) is 5.13 Å². The molecule has 6 nitrogen and oxygen atoms in total. The van der Waals surface area contributed by atoms with E-state index in [2.05, 4.69) is 15.5 Å². The van der Waals surface area contributed by atoms with Gasteiger partial charge in [0.25, 0.3) is 5.91 Å². The molecule has 0 aliphatic rings. The van der Waals surface area contributed by atoms with Crippen molar-refractivity contribution in [2.24, 2.45) is 5.10 Å². The predicted molar refractivity (Wildman–Crippen MR) is 113 cm³/mol. The van der Waals surface area contributed by atoms with E-state index in [9.17, 15) is 4.79 Å². The van der Waals surface area contributed by atoms with E-state index in [1.807, 2.05) is 55.5 Å². The first-order valence-corrected chi connectivity index (χ1v) is 9.81. The Bertz CT molecular complexity index is 986. The first-order chi connectivity index (χ1) is 13.6. The number of thiazole rings is 1. The third-order valence-electron chi connectivity index (χ3n) is 3.87. The summed E-state index contributed by atoms with van der Waals surface area (Å²) in [5, 5.41) is 5.04. The predicted octanol–water partition coefficient (Wildman–Crippen LogP) is 4.28. The zero-order valence-corrected chi connectivity index (χ0v) is 16.8. The Morgan fingerprint density at radius 3 is 2.75 bits per heavy atom. The third kappa shape index (κ3) is 5.09. The van der Waals surface area contributed by atoms with Crippen LogP contribution in [0.25, 0.3) is 0 Å². The number of carbonyl (C=O) groups is 1. The van der Waals surface area contributed by atoms with Crippen LogP contribution in [0.3, 0.4) is 0 Å². The second-order valence-corrected chi connectivity index (χ2v) is 7.27. The van der Waals surface area contributed by atoms with Gasteiger partial charge < -0.3 is 10.5 Å². The molecule has 0 saturated carbocycles. The Morgan fingerprint density at radius 2 is 2.04 bits per heavy atom. The van der Waals surface area contributed by atoms with Gasteiger partial charge in [-0.3, -0.25) is 4.79 Å². The first-order valence-electron chi connectivity index (χ1n) is 8.61. The molecule has 0 bridgehead atoms. The van der Waals surface area contributed by atoms with Crippen molar-refractivity contribution < 1.29 is 9.53 Å². The molecule has 3 rings (SSSR count).